The summed E-state index contributed by atoms with van der Waals surface area (Å²) in [6, 6.07) is 81.3. The summed E-state index contributed by atoms with van der Waals surface area (Å²) in [6.45, 7) is 11.2. The number of carbonyl (C=O) groups excluding carboxylic acids is 2. The van der Waals surface area contributed by atoms with Gasteiger partial charge >= 0.3 is 11.9 Å². The lowest BCUT2D eigenvalue weighted by Crippen LogP contribution is -2.31. The van der Waals surface area contributed by atoms with E-state index in [1.165, 1.54) is 33.4 Å². The lowest BCUT2D eigenvalue weighted by molar-refractivity contribution is -0.129. The topological polar surface area (TPSA) is 96.0 Å². The first kappa shape index (κ1) is 54.4. The molecule has 0 spiro atoms. The van der Waals surface area contributed by atoms with Gasteiger partial charge in [-0.25, -0.2) is 9.59 Å². The van der Waals surface area contributed by atoms with Crippen LogP contribution in [0.3, 0.4) is 0 Å². The predicted octanol–water partition coefficient (Wildman–Crippen LogP) is 17.0. The zero-order valence-corrected chi connectivity index (χ0v) is 46.2. The Hall–Kier alpha value is -10.6. The molecule has 11 rings (SSSR count). The second kappa shape index (κ2) is 24.8. The van der Waals surface area contributed by atoms with Crippen molar-refractivity contribution in [2.45, 2.75) is 32.1 Å². The predicted molar refractivity (Wildman–Crippen MR) is 329 cm³/mol. The molecule has 0 N–H and O–H groups in total. The van der Waals surface area contributed by atoms with Gasteiger partial charge in [-0.2, -0.15) is 0 Å². The van der Waals surface area contributed by atoms with Crippen LogP contribution < -0.4 is 38.2 Å². The van der Waals surface area contributed by atoms with E-state index in [0.29, 0.717) is 34.5 Å². The van der Waals surface area contributed by atoms with Gasteiger partial charge in [0.15, 0.2) is 0 Å². The van der Waals surface area contributed by atoms with Gasteiger partial charge in [0.25, 0.3) is 0 Å². The molecule has 1 aliphatic rings. The second-order valence-electron chi connectivity index (χ2n) is 20.2. The number of hydrogen-bond acceptors (Lipinski definition) is 10. The minimum atomic E-state index is -0.510. The third kappa shape index (κ3) is 12.6. The molecule has 1 aliphatic carbocycles. The van der Waals surface area contributed by atoms with Gasteiger partial charge in [-0.3, -0.25) is 0 Å². The zero-order valence-electron chi connectivity index (χ0n) is 46.2. The molecule has 0 radical (unpaired) electrons. The highest BCUT2D eigenvalue weighted by atomic mass is 16.7. The Balaban J connectivity index is 0.734. The van der Waals surface area contributed by atoms with Crippen molar-refractivity contribution in [2.75, 3.05) is 23.4 Å². The van der Waals surface area contributed by atoms with Crippen LogP contribution in [-0.2, 0) is 27.8 Å². The molecule has 83 heavy (non-hydrogen) atoms. The van der Waals surface area contributed by atoms with E-state index in [2.05, 4.69) is 158 Å². The van der Waals surface area contributed by atoms with Gasteiger partial charge in [-0.15, -0.1) is 0 Å². The molecule has 0 fully saturated rings. The van der Waals surface area contributed by atoms with Gasteiger partial charge in [0.05, 0.1) is 0 Å². The largest absolute Gasteiger partial charge is 0.458 e. The highest BCUT2D eigenvalue weighted by molar-refractivity contribution is 5.85. The average Bonchev–Trinajstić information content (AvgIpc) is 2.96. The maximum atomic E-state index is 11.8. The Kier molecular flexibility index (Phi) is 16.3. The van der Waals surface area contributed by atoms with Gasteiger partial charge in [0.2, 0.25) is 13.6 Å². The Morgan fingerprint density at radius 2 is 0.627 bits per heavy atom. The lowest BCUT2D eigenvalue weighted by Gasteiger charge is -2.33. The molecular formula is C73H60N2O8. The molecule has 10 nitrogen and oxygen atoms in total. The van der Waals surface area contributed by atoms with Crippen LogP contribution in [-0.4, -0.2) is 25.5 Å². The molecule has 0 saturated heterocycles. The molecule has 0 saturated carbocycles. The smallest absolute Gasteiger partial charge is 0.335 e. The van der Waals surface area contributed by atoms with Crippen molar-refractivity contribution in [1.29, 1.82) is 0 Å². The first-order valence-corrected chi connectivity index (χ1v) is 27.3. The molecule has 0 unspecified atom stereocenters. The van der Waals surface area contributed by atoms with Crippen LogP contribution in [0, 0.1) is 13.8 Å². The highest BCUT2D eigenvalue weighted by Gasteiger charge is 2.43. The van der Waals surface area contributed by atoms with Crippen molar-refractivity contribution in [3.05, 3.63) is 301 Å². The maximum Gasteiger partial charge on any atom is 0.335 e. The van der Waals surface area contributed by atoms with E-state index < -0.39 is 11.9 Å². The monoisotopic (exact) mass is 1090 g/mol. The van der Waals surface area contributed by atoms with Crippen LogP contribution in [0.15, 0.2) is 268 Å². The van der Waals surface area contributed by atoms with Gasteiger partial charge in [-0.05, 0) is 206 Å². The molecule has 10 heteroatoms. The van der Waals surface area contributed by atoms with Gasteiger partial charge < -0.3 is 38.2 Å². The summed E-state index contributed by atoms with van der Waals surface area (Å²) < 4.78 is 35.2. The molecule has 0 aliphatic heterocycles. The fourth-order valence-corrected chi connectivity index (χ4v) is 10.6. The third-order valence-corrected chi connectivity index (χ3v) is 14.7. The SMILES string of the molecule is C=CC(=O)Oc1ccc(N(c2ccc(C)cc2)c2ccc(OCOc3ccc(CC4(Cc5ccc(OCOc6ccc(N(c7ccc(C)cc7)c7ccc(OC(=O)C=C)cc7)cc6)cc5)c5ccccc5-c5ccccc54)cc3)cc2)cc1. The number of carbonyl (C=O) groups is 2. The van der Waals surface area contributed by atoms with Gasteiger partial charge in [-0.1, -0.05) is 121 Å². The summed E-state index contributed by atoms with van der Waals surface area (Å²) in [6.07, 6.45) is 3.82. The van der Waals surface area contributed by atoms with Crippen LogP contribution in [0.1, 0.15) is 33.4 Å². The quantitative estimate of drug-likeness (QED) is 0.0283. The van der Waals surface area contributed by atoms with E-state index in [9.17, 15) is 9.59 Å². The molecule has 0 aromatic heterocycles. The molecule has 0 heterocycles. The molecule has 0 amide bonds. The molecule has 10 aromatic rings. The first-order chi connectivity index (χ1) is 40.6. The Bertz CT molecular complexity index is 3600. The normalized spacial score (nSPS) is 11.7. The van der Waals surface area contributed by atoms with Crippen LogP contribution in [0.25, 0.3) is 11.1 Å². The fraction of sp³-hybridized carbons (Fsp3) is 0.0959. The number of ether oxygens (including phenoxy) is 6. The Morgan fingerprint density at radius 1 is 0.361 bits per heavy atom. The third-order valence-electron chi connectivity index (χ3n) is 14.7. The number of rotatable bonds is 22. The summed E-state index contributed by atoms with van der Waals surface area (Å²) in [5.74, 6) is 2.59. The van der Waals surface area contributed by atoms with Crippen molar-refractivity contribution >= 4 is 46.1 Å². The fourth-order valence-electron chi connectivity index (χ4n) is 10.6. The molecule has 10 aromatic carbocycles. The molecule has 410 valence electrons. The molecular weight excluding hydrogens is 1030 g/mol. The summed E-state index contributed by atoms with van der Waals surface area (Å²) in [5.41, 5.74) is 15.0. The number of anilines is 6. The summed E-state index contributed by atoms with van der Waals surface area (Å²) in [5, 5.41) is 0. The Morgan fingerprint density at radius 3 is 0.928 bits per heavy atom. The molecule has 0 atom stereocenters. The highest BCUT2D eigenvalue weighted by Crippen LogP contribution is 2.52. The number of fused-ring (bicyclic) bond motifs is 3. The molecule has 0 bridgehead atoms. The lowest BCUT2D eigenvalue weighted by atomic mass is 9.69. The minimum absolute atomic E-state index is 0.0275. The van der Waals surface area contributed by atoms with E-state index in [1.807, 2.05) is 97.1 Å². The van der Waals surface area contributed by atoms with Gasteiger partial charge in [0, 0.05) is 51.7 Å². The van der Waals surface area contributed by atoms with Gasteiger partial charge in [0.1, 0.15) is 34.5 Å². The van der Waals surface area contributed by atoms with Crippen LogP contribution >= 0.6 is 0 Å². The van der Waals surface area contributed by atoms with E-state index >= 15 is 0 Å². The number of aryl methyl sites for hydroxylation is 2. The van der Waals surface area contributed by atoms with Crippen molar-refractivity contribution in [2.24, 2.45) is 0 Å². The van der Waals surface area contributed by atoms with Crippen molar-refractivity contribution in [3.63, 3.8) is 0 Å². The Labute approximate surface area is 484 Å². The maximum absolute atomic E-state index is 11.8. The van der Waals surface area contributed by atoms with Crippen molar-refractivity contribution < 1.29 is 38.0 Å². The number of hydrogen-bond donors (Lipinski definition) is 0. The van der Waals surface area contributed by atoms with E-state index in [1.54, 1.807) is 24.3 Å². The van der Waals surface area contributed by atoms with Crippen LogP contribution in [0.2, 0.25) is 0 Å². The first-order valence-electron chi connectivity index (χ1n) is 27.3. The van der Waals surface area contributed by atoms with E-state index in [0.717, 1.165) is 70.2 Å². The average molecular weight is 1090 g/mol. The summed E-state index contributed by atoms with van der Waals surface area (Å²) in [7, 11) is 0. The minimum Gasteiger partial charge on any atom is -0.458 e. The van der Waals surface area contributed by atoms with E-state index in [-0.39, 0.29) is 19.0 Å². The summed E-state index contributed by atoms with van der Waals surface area (Å²) in [4.78, 5) is 27.9. The number of benzene rings is 10. The number of nitrogens with zero attached hydrogens (tertiary/aromatic N) is 2. The standard InChI is InChI=1S/C73H60N2O8/c1-5-71(76)82-65-43-31-59(32-44-65)74(55-23-15-51(3)16-24-55)57-27-39-63(40-28-57)80-49-78-61-35-19-53(20-36-61)47-73(69-13-9-7-11-67(69)68-12-8-10-14-70(68)73)48-54-21-37-62(38-22-54)79-50-81-64-41-29-58(30-42-64)75(56-25-17-52(4)18-26-56)60-33-45-66(46-34-60)83-72(77)6-2/h5-46H,1-2,47-50H2,3-4H3. The van der Waals surface area contributed by atoms with Crippen molar-refractivity contribution in [1.82, 2.24) is 0 Å². The second-order valence-corrected chi connectivity index (χ2v) is 20.2. The zero-order chi connectivity index (χ0) is 57.1. The van der Waals surface area contributed by atoms with E-state index in [4.69, 9.17) is 28.4 Å². The van der Waals surface area contributed by atoms with Crippen LogP contribution in [0.4, 0.5) is 34.1 Å². The van der Waals surface area contributed by atoms with Crippen LogP contribution in [0.5, 0.6) is 34.5 Å². The number of esters is 2. The van der Waals surface area contributed by atoms with Crippen molar-refractivity contribution in [3.8, 4) is 45.6 Å². The summed E-state index contributed by atoms with van der Waals surface area (Å²) >= 11 is 0.